The summed E-state index contributed by atoms with van der Waals surface area (Å²) in [4.78, 5) is 0. The van der Waals surface area contributed by atoms with E-state index < -0.39 is 0 Å². The normalized spacial score (nSPS) is 10.8. The Hall–Kier alpha value is -0.0800. The molecule has 0 amide bonds. The molecular formula is C13H30O2. The fourth-order valence-electron chi connectivity index (χ4n) is 0.892. The van der Waals surface area contributed by atoms with Gasteiger partial charge in [0, 0.05) is 13.7 Å². The van der Waals surface area contributed by atoms with Gasteiger partial charge in [0.05, 0.1) is 5.60 Å². The van der Waals surface area contributed by atoms with Gasteiger partial charge < -0.3 is 9.84 Å². The monoisotopic (exact) mass is 218 g/mol. The number of hydrogen-bond acceptors (Lipinski definition) is 2. The quantitative estimate of drug-likeness (QED) is 0.688. The zero-order valence-corrected chi connectivity index (χ0v) is 11.3. The molecule has 0 atom stereocenters. The van der Waals surface area contributed by atoms with Crippen LogP contribution in [-0.2, 0) is 4.74 Å². The van der Waals surface area contributed by atoms with Crippen LogP contribution in [0.4, 0.5) is 0 Å². The maximum absolute atomic E-state index is 8.42. The summed E-state index contributed by atoms with van der Waals surface area (Å²) < 4.78 is 4.94. The molecule has 0 spiro atoms. The molecule has 0 rings (SSSR count). The molecule has 0 unspecified atom stereocenters. The topological polar surface area (TPSA) is 29.5 Å². The van der Waals surface area contributed by atoms with Gasteiger partial charge in [-0.1, -0.05) is 39.0 Å². The third kappa shape index (κ3) is 24.9. The van der Waals surface area contributed by atoms with Crippen molar-refractivity contribution in [1.82, 2.24) is 0 Å². The Labute approximate surface area is 96.0 Å². The average molecular weight is 218 g/mol. The Morgan fingerprint density at radius 2 is 1.33 bits per heavy atom. The molecule has 0 saturated heterocycles. The van der Waals surface area contributed by atoms with Crippen molar-refractivity contribution in [3.63, 3.8) is 0 Å². The van der Waals surface area contributed by atoms with Gasteiger partial charge in [-0.05, 0) is 27.2 Å². The molecule has 15 heavy (non-hydrogen) atoms. The molecule has 0 aliphatic heterocycles. The first kappa shape index (κ1) is 17.3. The molecule has 0 aromatic carbocycles. The zero-order valence-electron chi connectivity index (χ0n) is 11.3. The van der Waals surface area contributed by atoms with Gasteiger partial charge in [0.15, 0.2) is 0 Å². The first-order valence-corrected chi connectivity index (χ1v) is 6.14. The van der Waals surface area contributed by atoms with E-state index in [0.29, 0.717) is 6.61 Å². The van der Waals surface area contributed by atoms with E-state index in [2.05, 4.69) is 6.92 Å². The fraction of sp³-hybridized carbons (Fsp3) is 1.00. The van der Waals surface area contributed by atoms with Gasteiger partial charge in [0.25, 0.3) is 0 Å². The Morgan fingerprint density at radius 1 is 0.933 bits per heavy atom. The van der Waals surface area contributed by atoms with Crippen molar-refractivity contribution in [3.8, 4) is 0 Å². The molecule has 0 saturated carbocycles. The standard InChI is InChI=1S/C8H18O.C5H12O/c1-2-3-4-5-6-7-8-9;1-5(2,3)6-4/h9H,2-8H2,1H3;1-4H3. The van der Waals surface area contributed by atoms with Crippen molar-refractivity contribution in [3.05, 3.63) is 0 Å². The molecule has 0 heterocycles. The van der Waals surface area contributed by atoms with E-state index in [9.17, 15) is 0 Å². The zero-order chi connectivity index (χ0) is 12.2. The Balaban J connectivity index is 0. The lowest BCUT2D eigenvalue weighted by Gasteiger charge is -2.14. The number of aliphatic hydroxyl groups excluding tert-OH is 1. The molecule has 0 aliphatic carbocycles. The van der Waals surface area contributed by atoms with Crippen molar-refractivity contribution in [2.75, 3.05) is 13.7 Å². The van der Waals surface area contributed by atoms with E-state index in [-0.39, 0.29) is 5.60 Å². The Kier molecular flexibility index (Phi) is 13.8. The number of rotatable bonds is 6. The SMILES string of the molecule is CCCCCCCCO.COC(C)(C)C. The maximum atomic E-state index is 8.42. The van der Waals surface area contributed by atoms with Crippen molar-refractivity contribution >= 4 is 0 Å². The summed E-state index contributed by atoms with van der Waals surface area (Å²) >= 11 is 0. The molecular weight excluding hydrogens is 188 g/mol. The van der Waals surface area contributed by atoms with Crippen LogP contribution in [0.1, 0.15) is 66.2 Å². The molecule has 1 N–H and O–H groups in total. The lowest BCUT2D eigenvalue weighted by Crippen LogP contribution is -2.15. The predicted molar refractivity (Wildman–Crippen MR) is 67.2 cm³/mol. The van der Waals surface area contributed by atoms with Crippen LogP contribution in [0.15, 0.2) is 0 Å². The van der Waals surface area contributed by atoms with Crippen LogP contribution in [0.2, 0.25) is 0 Å². The Bertz CT molecular complexity index is 99.6. The number of methoxy groups -OCH3 is 1. The highest BCUT2D eigenvalue weighted by atomic mass is 16.5. The minimum Gasteiger partial charge on any atom is -0.396 e. The summed E-state index contributed by atoms with van der Waals surface area (Å²) in [5.41, 5.74) is 0.0417. The van der Waals surface area contributed by atoms with Crippen molar-refractivity contribution in [2.45, 2.75) is 71.8 Å². The van der Waals surface area contributed by atoms with Crippen molar-refractivity contribution in [2.24, 2.45) is 0 Å². The molecule has 0 aromatic rings. The maximum Gasteiger partial charge on any atom is 0.0594 e. The van der Waals surface area contributed by atoms with E-state index in [1.165, 1.54) is 32.1 Å². The van der Waals surface area contributed by atoms with Crippen molar-refractivity contribution < 1.29 is 9.84 Å². The van der Waals surface area contributed by atoms with Crippen LogP contribution in [0.3, 0.4) is 0 Å². The van der Waals surface area contributed by atoms with Crippen LogP contribution in [-0.4, -0.2) is 24.4 Å². The van der Waals surface area contributed by atoms with Crippen molar-refractivity contribution in [1.29, 1.82) is 0 Å². The summed E-state index contributed by atoms with van der Waals surface area (Å²) in [5.74, 6) is 0. The molecule has 0 aliphatic rings. The highest BCUT2D eigenvalue weighted by molar-refractivity contribution is 4.55. The second-order valence-corrected chi connectivity index (χ2v) is 4.81. The molecule has 0 aromatic heterocycles. The van der Waals surface area contributed by atoms with Crippen LogP contribution in [0, 0.1) is 0 Å². The fourth-order valence-corrected chi connectivity index (χ4v) is 0.892. The molecule has 2 heteroatoms. The molecule has 94 valence electrons. The molecule has 0 bridgehead atoms. The molecule has 2 nitrogen and oxygen atoms in total. The van der Waals surface area contributed by atoms with Gasteiger partial charge in [0.2, 0.25) is 0 Å². The van der Waals surface area contributed by atoms with Gasteiger partial charge in [0.1, 0.15) is 0 Å². The second kappa shape index (κ2) is 12.0. The summed E-state index contributed by atoms with van der Waals surface area (Å²) in [7, 11) is 1.71. The van der Waals surface area contributed by atoms with E-state index in [1.807, 2.05) is 20.8 Å². The van der Waals surface area contributed by atoms with Crippen LogP contribution in [0.5, 0.6) is 0 Å². The third-order valence-corrected chi connectivity index (χ3v) is 2.12. The molecule has 0 radical (unpaired) electrons. The van der Waals surface area contributed by atoms with Gasteiger partial charge in [-0.3, -0.25) is 0 Å². The lowest BCUT2D eigenvalue weighted by molar-refractivity contribution is 0.0397. The number of ether oxygens (including phenoxy) is 1. The third-order valence-electron chi connectivity index (χ3n) is 2.12. The smallest absolute Gasteiger partial charge is 0.0594 e. The first-order valence-electron chi connectivity index (χ1n) is 6.14. The van der Waals surface area contributed by atoms with E-state index in [1.54, 1.807) is 7.11 Å². The number of hydrogen-bond donors (Lipinski definition) is 1. The van der Waals surface area contributed by atoms with E-state index in [0.717, 1.165) is 6.42 Å². The summed E-state index contributed by atoms with van der Waals surface area (Å²) in [5, 5.41) is 8.42. The minimum absolute atomic E-state index is 0.0417. The highest BCUT2D eigenvalue weighted by Crippen LogP contribution is 2.03. The highest BCUT2D eigenvalue weighted by Gasteiger charge is 2.03. The van der Waals surface area contributed by atoms with Gasteiger partial charge in [-0.2, -0.15) is 0 Å². The van der Waals surface area contributed by atoms with Gasteiger partial charge in [-0.25, -0.2) is 0 Å². The predicted octanol–water partition coefficient (Wildman–Crippen LogP) is 3.77. The minimum atomic E-state index is 0.0417. The molecule has 0 fully saturated rings. The van der Waals surface area contributed by atoms with E-state index in [4.69, 9.17) is 9.84 Å². The van der Waals surface area contributed by atoms with Crippen LogP contribution in [0.25, 0.3) is 0 Å². The lowest BCUT2D eigenvalue weighted by atomic mass is 10.1. The van der Waals surface area contributed by atoms with Crippen LogP contribution >= 0.6 is 0 Å². The average Bonchev–Trinajstić information content (AvgIpc) is 2.18. The summed E-state index contributed by atoms with van der Waals surface area (Å²) in [6, 6.07) is 0. The summed E-state index contributed by atoms with van der Waals surface area (Å²) in [6.45, 7) is 8.64. The van der Waals surface area contributed by atoms with Gasteiger partial charge in [-0.15, -0.1) is 0 Å². The van der Waals surface area contributed by atoms with Crippen LogP contribution < -0.4 is 0 Å². The van der Waals surface area contributed by atoms with Gasteiger partial charge >= 0.3 is 0 Å². The summed E-state index contributed by atoms with van der Waals surface area (Å²) in [6.07, 6.45) is 7.50. The Morgan fingerprint density at radius 3 is 1.67 bits per heavy atom. The van der Waals surface area contributed by atoms with E-state index >= 15 is 0 Å². The number of aliphatic hydroxyl groups is 1. The number of unbranched alkanes of at least 4 members (excludes halogenated alkanes) is 5. The largest absolute Gasteiger partial charge is 0.396 e. The first-order chi connectivity index (χ1) is 6.97. The second-order valence-electron chi connectivity index (χ2n) is 4.81.